The first-order chi connectivity index (χ1) is 17.5. The molecule has 8 nitrogen and oxygen atoms in total. The highest BCUT2D eigenvalue weighted by atomic mass is 35.5. The molecule has 0 unspecified atom stereocenters. The SMILES string of the molecule is Cc1cc(CNC(=O)N2CCC(=O)N3[C@@H]2CN(Cc2ccc(Cl)cc2)C(=O)[C@@H]3CN)cc(C(F)(F)F)c1. The van der Waals surface area contributed by atoms with Gasteiger partial charge in [0.05, 0.1) is 12.1 Å². The fourth-order valence-corrected chi connectivity index (χ4v) is 4.93. The van der Waals surface area contributed by atoms with E-state index in [2.05, 4.69) is 5.32 Å². The van der Waals surface area contributed by atoms with E-state index >= 15 is 0 Å². The van der Waals surface area contributed by atoms with Crippen LogP contribution in [0.4, 0.5) is 18.0 Å². The Kier molecular flexibility index (Phi) is 7.65. The predicted molar refractivity (Wildman–Crippen MR) is 130 cm³/mol. The number of carbonyl (C=O) groups excluding carboxylic acids is 3. The lowest BCUT2D eigenvalue weighted by Crippen LogP contribution is -2.73. The Labute approximate surface area is 217 Å². The van der Waals surface area contributed by atoms with Gasteiger partial charge in [-0.3, -0.25) is 9.59 Å². The van der Waals surface area contributed by atoms with Crippen molar-refractivity contribution in [2.75, 3.05) is 19.6 Å². The van der Waals surface area contributed by atoms with E-state index in [9.17, 15) is 27.6 Å². The molecule has 37 heavy (non-hydrogen) atoms. The second-order valence-electron chi connectivity index (χ2n) is 9.19. The van der Waals surface area contributed by atoms with Crippen LogP contribution in [0.1, 0.15) is 28.7 Å². The van der Waals surface area contributed by atoms with Crippen molar-refractivity contribution in [1.29, 1.82) is 0 Å². The Morgan fingerprint density at radius 3 is 2.49 bits per heavy atom. The minimum atomic E-state index is -4.50. The molecule has 2 saturated heterocycles. The van der Waals surface area contributed by atoms with Gasteiger partial charge in [-0.05, 0) is 42.3 Å². The number of fused-ring (bicyclic) bond motifs is 1. The van der Waals surface area contributed by atoms with Crippen LogP contribution < -0.4 is 11.1 Å². The van der Waals surface area contributed by atoms with E-state index in [1.165, 1.54) is 9.80 Å². The lowest BCUT2D eigenvalue weighted by atomic mass is 10.0. The van der Waals surface area contributed by atoms with Crippen molar-refractivity contribution in [3.8, 4) is 0 Å². The molecular weight excluding hydrogens is 511 g/mol. The summed E-state index contributed by atoms with van der Waals surface area (Å²) in [4.78, 5) is 43.5. The number of urea groups is 1. The van der Waals surface area contributed by atoms with Gasteiger partial charge in [-0.1, -0.05) is 35.4 Å². The van der Waals surface area contributed by atoms with Crippen LogP contribution in [0.2, 0.25) is 5.02 Å². The second kappa shape index (κ2) is 10.6. The number of carbonyl (C=O) groups is 3. The first-order valence-corrected chi connectivity index (χ1v) is 12.1. The summed E-state index contributed by atoms with van der Waals surface area (Å²) >= 11 is 5.96. The van der Waals surface area contributed by atoms with Crippen molar-refractivity contribution >= 4 is 29.4 Å². The number of alkyl halides is 3. The molecule has 0 spiro atoms. The minimum absolute atomic E-state index is 0.00749. The maximum absolute atomic E-state index is 13.2. The molecule has 198 valence electrons. The summed E-state index contributed by atoms with van der Waals surface area (Å²) in [5, 5.41) is 3.22. The van der Waals surface area contributed by atoms with Crippen LogP contribution in [0.3, 0.4) is 0 Å². The fourth-order valence-electron chi connectivity index (χ4n) is 4.81. The first-order valence-electron chi connectivity index (χ1n) is 11.7. The second-order valence-corrected chi connectivity index (χ2v) is 9.62. The number of piperazine rings is 1. The number of halogens is 4. The number of hydrogen-bond acceptors (Lipinski definition) is 4. The van der Waals surface area contributed by atoms with Gasteiger partial charge in [-0.25, -0.2) is 4.79 Å². The Bertz CT molecular complexity index is 1190. The molecule has 4 rings (SSSR count). The highest BCUT2D eigenvalue weighted by Crippen LogP contribution is 2.31. The number of aryl methyl sites for hydroxylation is 1. The summed E-state index contributed by atoms with van der Waals surface area (Å²) in [5.74, 6) is -0.596. The van der Waals surface area contributed by atoms with Crippen molar-refractivity contribution in [2.45, 2.75) is 44.8 Å². The fraction of sp³-hybridized carbons (Fsp3) is 0.400. The van der Waals surface area contributed by atoms with Gasteiger partial charge in [0.2, 0.25) is 11.8 Å². The van der Waals surface area contributed by atoms with Crippen molar-refractivity contribution in [1.82, 2.24) is 20.0 Å². The van der Waals surface area contributed by atoms with Gasteiger partial charge in [0.25, 0.3) is 0 Å². The number of hydrogen-bond donors (Lipinski definition) is 2. The highest BCUT2D eigenvalue weighted by Gasteiger charge is 2.48. The molecule has 0 aliphatic carbocycles. The molecule has 2 aliphatic rings. The Hall–Kier alpha value is -3.31. The number of amides is 4. The van der Waals surface area contributed by atoms with Crippen molar-refractivity contribution in [2.24, 2.45) is 5.73 Å². The third-order valence-electron chi connectivity index (χ3n) is 6.53. The van der Waals surface area contributed by atoms with E-state index in [0.29, 0.717) is 16.1 Å². The number of nitrogens with zero attached hydrogens (tertiary/aromatic N) is 3. The van der Waals surface area contributed by atoms with Gasteiger partial charge in [-0.15, -0.1) is 0 Å². The molecule has 2 heterocycles. The Morgan fingerprint density at radius 1 is 1.14 bits per heavy atom. The third-order valence-corrected chi connectivity index (χ3v) is 6.78. The van der Waals surface area contributed by atoms with E-state index in [4.69, 9.17) is 17.3 Å². The van der Waals surface area contributed by atoms with Gasteiger partial charge in [-0.2, -0.15) is 13.2 Å². The van der Waals surface area contributed by atoms with E-state index in [-0.39, 0.29) is 51.0 Å². The minimum Gasteiger partial charge on any atom is -0.334 e. The summed E-state index contributed by atoms with van der Waals surface area (Å²) in [7, 11) is 0. The largest absolute Gasteiger partial charge is 0.416 e. The zero-order chi connectivity index (χ0) is 26.9. The van der Waals surface area contributed by atoms with E-state index in [1.54, 1.807) is 42.2 Å². The summed E-state index contributed by atoms with van der Waals surface area (Å²) in [6.07, 6.45) is -5.26. The zero-order valence-electron chi connectivity index (χ0n) is 20.1. The molecule has 2 aromatic carbocycles. The Morgan fingerprint density at radius 2 is 1.84 bits per heavy atom. The van der Waals surface area contributed by atoms with Crippen LogP contribution in [0.15, 0.2) is 42.5 Å². The monoisotopic (exact) mass is 537 g/mol. The van der Waals surface area contributed by atoms with Gasteiger partial charge in [0.1, 0.15) is 12.2 Å². The van der Waals surface area contributed by atoms with Crippen LogP contribution in [0.5, 0.6) is 0 Å². The molecule has 0 aromatic heterocycles. The van der Waals surface area contributed by atoms with Crippen LogP contribution in [0, 0.1) is 6.92 Å². The Balaban J connectivity index is 1.53. The smallest absolute Gasteiger partial charge is 0.334 e. The van der Waals surface area contributed by atoms with Gasteiger partial charge >= 0.3 is 12.2 Å². The zero-order valence-corrected chi connectivity index (χ0v) is 20.9. The average Bonchev–Trinajstić information content (AvgIpc) is 2.84. The molecule has 3 N–H and O–H groups in total. The van der Waals surface area contributed by atoms with Crippen LogP contribution in [0.25, 0.3) is 0 Å². The molecule has 0 bridgehead atoms. The number of rotatable bonds is 5. The summed E-state index contributed by atoms with van der Waals surface area (Å²) in [6, 6.07) is 9.11. The average molecular weight is 538 g/mol. The van der Waals surface area contributed by atoms with Crippen molar-refractivity contribution < 1.29 is 27.6 Å². The van der Waals surface area contributed by atoms with Crippen molar-refractivity contribution in [3.05, 3.63) is 69.7 Å². The molecule has 12 heteroatoms. The van der Waals surface area contributed by atoms with Crippen LogP contribution in [-0.2, 0) is 28.9 Å². The normalized spacial score (nSPS) is 20.2. The standard InChI is InChI=1S/C25H27ClF3N5O3/c1-15-8-17(10-18(9-15)25(27,28)29)12-31-24(37)33-7-6-22(35)34-20(11-30)23(36)32(14-21(33)34)13-16-2-4-19(26)5-3-16/h2-5,8-10,20-21H,6-7,11-14,30H2,1H3,(H,31,37)/t20-,21+/m0/s1. The number of nitrogens with one attached hydrogen (secondary N) is 1. The maximum atomic E-state index is 13.2. The molecule has 0 radical (unpaired) electrons. The molecular formula is C25H27ClF3N5O3. The third kappa shape index (κ3) is 5.83. The predicted octanol–water partition coefficient (Wildman–Crippen LogP) is 3.11. The lowest BCUT2D eigenvalue weighted by molar-refractivity contribution is -0.166. The maximum Gasteiger partial charge on any atom is 0.416 e. The van der Waals surface area contributed by atoms with Gasteiger partial charge in [0, 0.05) is 37.6 Å². The van der Waals surface area contributed by atoms with E-state index in [0.717, 1.165) is 17.7 Å². The first kappa shape index (κ1) is 26.7. The van der Waals surface area contributed by atoms with E-state index in [1.807, 2.05) is 0 Å². The number of benzene rings is 2. The molecule has 0 saturated carbocycles. The molecule has 2 aromatic rings. The van der Waals surface area contributed by atoms with Crippen molar-refractivity contribution in [3.63, 3.8) is 0 Å². The quantitative estimate of drug-likeness (QED) is 0.612. The topological polar surface area (TPSA) is 99.0 Å². The summed E-state index contributed by atoms with van der Waals surface area (Å²) in [6.45, 7) is 1.72. The van der Waals surface area contributed by atoms with Crippen LogP contribution in [-0.4, -0.2) is 64.4 Å². The van der Waals surface area contributed by atoms with Gasteiger partial charge < -0.3 is 25.8 Å². The van der Waals surface area contributed by atoms with Crippen LogP contribution >= 0.6 is 11.6 Å². The lowest BCUT2D eigenvalue weighted by Gasteiger charge is -2.52. The molecule has 2 fully saturated rings. The molecule has 2 aliphatic heterocycles. The summed E-state index contributed by atoms with van der Waals surface area (Å²) < 4.78 is 39.6. The van der Waals surface area contributed by atoms with E-state index < -0.39 is 30.0 Å². The summed E-state index contributed by atoms with van der Waals surface area (Å²) in [5.41, 5.74) is 6.64. The number of nitrogens with two attached hydrogens (primary N) is 1. The molecule has 2 atom stereocenters. The highest BCUT2D eigenvalue weighted by molar-refractivity contribution is 6.30. The molecule has 4 amide bonds. The van der Waals surface area contributed by atoms with Gasteiger partial charge in [0.15, 0.2) is 0 Å².